The zero-order valence-electron chi connectivity index (χ0n) is 12.1. The van der Waals surface area contributed by atoms with Gasteiger partial charge in [-0.15, -0.1) is 10.2 Å². The molecule has 1 saturated carbocycles. The smallest absolute Gasteiger partial charge is 0.223 e. The van der Waals surface area contributed by atoms with Gasteiger partial charge < -0.3 is 9.88 Å². The molecule has 1 amide bonds. The number of carbonyl (C=O) groups is 1. The summed E-state index contributed by atoms with van der Waals surface area (Å²) in [4.78, 5) is 12.2. The predicted octanol–water partition coefficient (Wildman–Crippen LogP) is 2.58. The van der Waals surface area contributed by atoms with Crippen molar-refractivity contribution in [2.75, 3.05) is 6.54 Å². The van der Waals surface area contributed by atoms with E-state index in [1.165, 1.54) is 0 Å². The molecule has 1 fully saturated rings. The van der Waals surface area contributed by atoms with E-state index in [1.807, 2.05) is 23.7 Å². The molecule has 5 nitrogen and oxygen atoms in total. The Morgan fingerprint density at radius 2 is 2.09 bits per heavy atom. The second-order valence-corrected chi connectivity index (χ2v) is 6.42. The lowest BCUT2D eigenvalue weighted by Crippen LogP contribution is -2.28. The third-order valence-electron chi connectivity index (χ3n) is 3.89. The molecule has 1 aromatic carbocycles. The van der Waals surface area contributed by atoms with E-state index >= 15 is 0 Å². The molecule has 0 spiro atoms. The van der Waals surface area contributed by atoms with Gasteiger partial charge >= 0.3 is 0 Å². The van der Waals surface area contributed by atoms with Gasteiger partial charge in [0.1, 0.15) is 12.2 Å². The average molecular weight is 339 g/mol. The van der Waals surface area contributed by atoms with Gasteiger partial charge in [-0.3, -0.25) is 4.79 Å². The van der Waals surface area contributed by atoms with Crippen molar-refractivity contribution >= 4 is 29.1 Å². The maximum absolute atomic E-state index is 12.2. The van der Waals surface area contributed by atoms with Crippen LogP contribution in [0.15, 0.2) is 24.5 Å². The Balaban J connectivity index is 1.51. The van der Waals surface area contributed by atoms with Crippen LogP contribution in [0.25, 0.3) is 0 Å². The zero-order valence-corrected chi connectivity index (χ0v) is 13.6. The third-order valence-corrected chi connectivity index (χ3v) is 4.33. The molecule has 0 unspecified atom stereocenters. The highest BCUT2D eigenvalue weighted by Gasteiger charge is 2.43. The fraction of sp³-hybridized carbons (Fsp3) is 0.400. The van der Waals surface area contributed by atoms with E-state index in [0.29, 0.717) is 23.0 Å². The lowest BCUT2D eigenvalue weighted by Gasteiger charge is -2.05. The Morgan fingerprint density at radius 1 is 1.36 bits per heavy atom. The summed E-state index contributed by atoms with van der Waals surface area (Å²) in [6, 6.07) is 5.46. The van der Waals surface area contributed by atoms with Crippen molar-refractivity contribution in [2.24, 2.45) is 13.0 Å². The topological polar surface area (TPSA) is 59.8 Å². The van der Waals surface area contributed by atoms with Crippen LogP contribution in [0, 0.1) is 5.92 Å². The van der Waals surface area contributed by atoms with E-state index in [9.17, 15) is 4.79 Å². The van der Waals surface area contributed by atoms with Gasteiger partial charge in [-0.25, -0.2) is 0 Å². The largest absolute Gasteiger partial charge is 0.355 e. The van der Waals surface area contributed by atoms with Crippen LogP contribution < -0.4 is 5.32 Å². The minimum absolute atomic E-state index is 0.00836. The van der Waals surface area contributed by atoms with Crippen LogP contribution in [0.3, 0.4) is 0 Å². The van der Waals surface area contributed by atoms with Crippen LogP contribution in [0.1, 0.15) is 23.7 Å². The number of benzene rings is 1. The summed E-state index contributed by atoms with van der Waals surface area (Å²) in [5, 5.41) is 12.0. The average Bonchev–Trinajstić information content (AvgIpc) is 3.16. The van der Waals surface area contributed by atoms with Gasteiger partial charge in [-0.2, -0.15) is 0 Å². The molecule has 2 aromatic rings. The first-order valence-electron chi connectivity index (χ1n) is 7.11. The standard InChI is InChI=1S/C15H16Cl2N4O/c1-21-8-19-20-14(21)2-3-18-15(22)13-7-12(13)9-4-10(16)6-11(17)5-9/h4-6,8,12-13H,2-3,7H2,1H3,(H,18,22)/t12-,13-/m0/s1. The summed E-state index contributed by atoms with van der Waals surface area (Å²) < 4.78 is 1.85. The first kappa shape index (κ1) is 15.3. The van der Waals surface area contributed by atoms with Crippen molar-refractivity contribution in [3.63, 3.8) is 0 Å². The van der Waals surface area contributed by atoms with Crippen molar-refractivity contribution < 1.29 is 4.79 Å². The number of amides is 1. The lowest BCUT2D eigenvalue weighted by atomic mass is 10.1. The number of nitrogens with one attached hydrogen (secondary N) is 1. The molecule has 0 radical (unpaired) electrons. The van der Waals surface area contributed by atoms with Crippen LogP contribution in [0.5, 0.6) is 0 Å². The highest BCUT2D eigenvalue weighted by molar-refractivity contribution is 6.34. The van der Waals surface area contributed by atoms with Gasteiger partial charge in [-0.05, 0) is 36.1 Å². The van der Waals surface area contributed by atoms with Crippen LogP contribution in [-0.2, 0) is 18.3 Å². The molecule has 1 heterocycles. The zero-order chi connectivity index (χ0) is 15.7. The minimum Gasteiger partial charge on any atom is -0.355 e. The lowest BCUT2D eigenvalue weighted by molar-refractivity contribution is -0.122. The molecule has 0 bridgehead atoms. The molecule has 1 aromatic heterocycles. The number of halogens is 2. The molecule has 2 atom stereocenters. The van der Waals surface area contributed by atoms with Gasteiger partial charge in [-0.1, -0.05) is 23.2 Å². The van der Waals surface area contributed by atoms with Gasteiger partial charge in [0, 0.05) is 36.0 Å². The number of rotatable bonds is 5. The Morgan fingerprint density at radius 3 is 2.73 bits per heavy atom. The Hall–Kier alpha value is -1.59. The number of nitrogens with zero attached hydrogens (tertiary/aromatic N) is 3. The number of hydrogen-bond acceptors (Lipinski definition) is 3. The van der Waals surface area contributed by atoms with E-state index in [0.717, 1.165) is 17.8 Å². The Labute approximate surface area is 138 Å². The summed E-state index contributed by atoms with van der Waals surface area (Å²) in [5.41, 5.74) is 1.03. The van der Waals surface area contributed by atoms with E-state index < -0.39 is 0 Å². The summed E-state index contributed by atoms with van der Waals surface area (Å²) in [6.45, 7) is 0.560. The fourth-order valence-electron chi connectivity index (χ4n) is 2.60. The highest BCUT2D eigenvalue weighted by Crippen LogP contribution is 2.48. The molecule has 1 aliphatic rings. The maximum Gasteiger partial charge on any atom is 0.223 e. The third kappa shape index (κ3) is 3.42. The maximum atomic E-state index is 12.2. The molecular weight excluding hydrogens is 323 g/mol. The van der Waals surface area contributed by atoms with Crippen molar-refractivity contribution in [1.82, 2.24) is 20.1 Å². The summed E-state index contributed by atoms with van der Waals surface area (Å²) in [6.07, 6.45) is 3.16. The summed E-state index contributed by atoms with van der Waals surface area (Å²) >= 11 is 12.0. The van der Waals surface area contributed by atoms with E-state index in [2.05, 4.69) is 15.5 Å². The molecule has 3 rings (SSSR count). The van der Waals surface area contributed by atoms with Crippen molar-refractivity contribution in [3.05, 3.63) is 46.0 Å². The monoisotopic (exact) mass is 338 g/mol. The van der Waals surface area contributed by atoms with Crippen LogP contribution in [0.4, 0.5) is 0 Å². The molecule has 22 heavy (non-hydrogen) atoms. The minimum atomic E-state index is 0.00836. The molecule has 1 N–H and O–H groups in total. The van der Waals surface area contributed by atoms with E-state index in [1.54, 1.807) is 12.4 Å². The predicted molar refractivity (Wildman–Crippen MR) is 85.0 cm³/mol. The van der Waals surface area contributed by atoms with Crippen LogP contribution in [-0.4, -0.2) is 27.2 Å². The highest BCUT2D eigenvalue weighted by atomic mass is 35.5. The van der Waals surface area contributed by atoms with E-state index in [4.69, 9.17) is 23.2 Å². The fourth-order valence-corrected chi connectivity index (χ4v) is 3.15. The molecule has 116 valence electrons. The quantitative estimate of drug-likeness (QED) is 0.911. The Kier molecular flexibility index (Phi) is 4.36. The number of aryl methyl sites for hydroxylation is 1. The number of carbonyl (C=O) groups excluding carboxylic acids is 1. The molecule has 0 saturated heterocycles. The first-order chi connectivity index (χ1) is 10.5. The SMILES string of the molecule is Cn1cnnc1CCNC(=O)[C@H]1C[C@H]1c1cc(Cl)cc(Cl)c1. The Bertz CT molecular complexity index is 680. The van der Waals surface area contributed by atoms with Crippen molar-refractivity contribution in [2.45, 2.75) is 18.8 Å². The van der Waals surface area contributed by atoms with Gasteiger partial charge in [0.25, 0.3) is 0 Å². The first-order valence-corrected chi connectivity index (χ1v) is 7.87. The van der Waals surface area contributed by atoms with Crippen LogP contribution in [0.2, 0.25) is 10.0 Å². The van der Waals surface area contributed by atoms with Crippen LogP contribution >= 0.6 is 23.2 Å². The van der Waals surface area contributed by atoms with Crippen molar-refractivity contribution in [3.8, 4) is 0 Å². The van der Waals surface area contributed by atoms with Gasteiger partial charge in [0.15, 0.2) is 0 Å². The summed E-state index contributed by atoms with van der Waals surface area (Å²) in [7, 11) is 1.89. The molecule has 0 aliphatic heterocycles. The normalized spacial score (nSPS) is 20.0. The second kappa shape index (κ2) is 6.26. The molecule has 1 aliphatic carbocycles. The summed E-state index contributed by atoms with van der Waals surface area (Å²) in [5.74, 6) is 1.15. The van der Waals surface area contributed by atoms with Crippen molar-refractivity contribution in [1.29, 1.82) is 0 Å². The molecule has 7 heteroatoms. The number of hydrogen-bond donors (Lipinski definition) is 1. The molecular formula is C15H16Cl2N4O. The van der Waals surface area contributed by atoms with E-state index in [-0.39, 0.29) is 17.7 Å². The van der Waals surface area contributed by atoms with Gasteiger partial charge in [0.2, 0.25) is 5.91 Å². The number of aromatic nitrogens is 3. The second-order valence-electron chi connectivity index (χ2n) is 5.55. The van der Waals surface area contributed by atoms with Gasteiger partial charge in [0.05, 0.1) is 0 Å².